The lowest BCUT2D eigenvalue weighted by Crippen LogP contribution is -2.12. The topological polar surface area (TPSA) is 65.4 Å². The molecule has 1 amide bonds. The highest BCUT2D eigenvalue weighted by Gasteiger charge is 2.09. The quantitative estimate of drug-likeness (QED) is 0.750. The van der Waals surface area contributed by atoms with Crippen LogP contribution in [0, 0.1) is 0 Å². The summed E-state index contributed by atoms with van der Waals surface area (Å²) in [7, 11) is 3.14. The fourth-order valence-corrected chi connectivity index (χ4v) is 2.43. The second kappa shape index (κ2) is 7.53. The minimum absolute atomic E-state index is 0.194. The van der Waals surface area contributed by atoms with E-state index >= 15 is 0 Å². The Morgan fingerprint density at radius 1 is 1.08 bits per heavy atom. The Kier molecular flexibility index (Phi) is 4.99. The van der Waals surface area contributed by atoms with Gasteiger partial charge in [-0.05, 0) is 23.8 Å². The lowest BCUT2D eigenvalue weighted by Gasteiger charge is -2.10. The number of benzene rings is 2. The van der Waals surface area contributed by atoms with E-state index in [1.54, 1.807) is 50.7 Å². The van der Waals surface area contributed by atoms with Crippen molar-refractivity contribution in [3.8, 4) is 11.5 Å². The largest absolute Gasteiger partial charge is 0.497 e. The first-order valence-electron chi connectivity index (χ1n) is 7.79. The van der Waals surface area contributed by atoms with Crippen LogP contribution in [0.15, 0.2) is 60.9 Å². The van der Waals surface area contributed by atoms with Crippen LogP contribution in [0.4, 0.5) is 5.69 Å². The molecule has 2 aromatic carbocycles. The van der Waals surface area contributed by atoms with Crippen LogP contribution in [0.25, 0.3) is 0 Å². The monoisotopic (exact) mass is 337 g/mol. The van der Waals surface area contributed by atoms with Crippen LogP contribution in [0.1, 0.15) is 15.9 Å². The minimum atomic E-state index is -0.194. The number of ether oxygens (including phenoxy) is 2. The van der Waals surface area contributed by atoms with Gasteiger partial charge in [0, 0.05) is 41.8 Å². The molecule has 0 atom stereocenters. The van der Waals surface area contributed by atoms with E-state index in [4.69, 9.17) is 9.47 Å². The summed E-state index contributed by atoms with van der Waals surface area (Å²) in [6.45, 7) is 0.669. The van der Waals surface area contributed by atoms with Gasteiger partial charge in [0.05, 0.1) is 20.8 Å². The second-order valence-electron chi connectivity index (χ2n) is 5.46. The molecule has 0 aliphatic heterocycles. The molecule has 3 rings (SSSR count). The molecule has 0 unspecified atom stereocenters. The number of hydrogen-bond donors (Lipinski definition) is 1. The fraction of sp³-hybridized carbons (Fsp3) is 0.158. The Bertz CT molecular complexity index is 821. The van der Waals surface area contributed by atoms with E-state index in [0.717, 1.165) is 5.56 Å². The predicted molar refractivity (Wildman–Crippen MR) is 95.3 cm³/mol. The number of nitrogens with one attached hydrogen (secondary N) is 1. The van der Waals surface area contributed by atoms with E-state index in [9.17, 15) is 4.79 Å². The Morgan fingerprint density at radius 2 is 1.76 bits per heavy atom. The molecule has 1 aromatic heterocycles. The smallest absolute Gasteiger partial charge is 0.255 e. The first-order chi connectivity index (χ1) is 12.2. The zero-order valence-electron chi connectivity index (χ0n) is 14.1. The Hall–Kier alpha value is -3.28. The van der Waals surface area contributed by atoms with Crippen LogP contribution >= 0.6 is 0 Å². The van der Waals surface area contributed by atoms with E-state index in [0.29, 0.717) is 29.3 Å². The molecule has 0 saturated heterocycles. The van der Waals surface area contributed by atoms with Gasteiger partial charge in [0.15, 0.2) is 0 Å². The van der Waals surface area contributed by atoms with Crippen molar-refractivity contribution in [3.05, 3.63) is 72.1 Å². The summed E-state index contributed by atoms with van der Waals surface area (Å²) in [5.41, 5.74) is 2.26. The van der Waals surface area contributed by atoms with Crippen molar-refractivity contribution in [2.24, 2.45) is 0 Å². The predicted octanol–water partition coefficient (Wildman–Crippen LogP) is 3.20. The molecule has 25 heavy (non-hydrogen) atoms. The number of anilines is 1. The van der Waals surface area contributed by atoms with Crippen LogP contribution in [0.3, 0.4) is 0 Å². The fourth-order valence-electron chi connectivity index (χ4n) is 2.43. The summed E-state index contributed by atoms with van der Waals surface area (Å²) in [5, 5.41) is 7.03. The lowest BCUT2D eigenvalue weighted by atomic mass is 10.1. The third-order valence-electron chi connectivity index (χ3n) is 3.73. The summed E-state index contributed by atoms with van der Waals surface area (Å²) in [6, 6.07) is 14.5. The molecule has 3 aromatic rings. The van der Waals surface area contributed by atoms with Crippen molar-refractivity contribution in [1.29, 1.82) is 0 Å². The number of amides is 1. The van der Waals surface area contributed by atoms with Gasteiger partial charge in [-0.25, -0.2) is 0 Å². The van der Waals surface area contributed by atoms with E-state index in [2.05, 4.69) is 10.4 Å². The number of rotatable bonds is 6. The van der Waals surface area contributed by atoms with Crippen molar-refractivity contribution >= 4 is 11.6 Å². The Morgan fingerprint density at radius 3 is 2.32 bits per heavy atom. The molecule has 6 nitrogen and oxygen atoms in total. The third-order valence-corrected chi connectivity index (χ3v) is 3.73. The van der Waals surface area contributed by atoms with Gasteiger partial charge in [-0.15, -0.1) is 0 Å². The minimum Gasteiger partial charge on any atom is -0.497 e. The molecular weight excluding hydrogens is 318 g/mol. The summed E-state index contributed by atoms with van der Waals surface area (Å²) < 4.78 is 12.3. The zero-order valence-corrected chi connectivity index (χ0v) is 14.1. The molecule has 1 N–H and O–H groups in total. The number of hydrogen-bond acceptors (Lipinski definition) is 4. The van der Waals surface area contributed by atoms with Crippen LogP contribution in [0.5, 0.6) is 11.5 Å². The van der Waals surface area contributed by atoms with Gasteiger partial charge in [-0.2, -0.15) is 5.10 Å². The van der Waals surface area contributed by atoms with Crippen molar-refractivity contribution in [2.45, 2.75) is 6.54 Å². The first-order valence-corrected chi connectivity index (χ1v) is 7.79. The Balaban J connectivity index is 1.71. The molecule has 1 heterocycles. The van der Waals surface area contributed by atoms with E-state index in [1.807, 2.05) is 29.1 Å². The summed E-state index contributed by atoms with van der Waals surface area (Å²) in [4.78, 5) is 12.4. The van der Waals surface area contributed by atoms with E-state index in [-0.39, 0.29) is 5.91 Å². The molecule has 6 heteroatoms. The van der Waals surface area contributed by atoms with Gasteiger partial charge in [0.2, 0.25) is 0 Å². The van der Waals surface area contributed by atoms with Gasteiger partial charge in [0.25, 0.3) is 5.91 Å². The number of carbonyl (C=O) groups is 1. The lowest BCUT2D eigenvalue weighted by molar-refractivity contribution is 0.102. The standard InChI is InChI=1S/C19H19N3O3/c1-24-17-10-16(11-18(12-17)25-2)21-19(23)15-6-4-14(5-7-15)13-22-9-3-8-20-22/h3-12H,13H2,1-2H3,(H,21,23). The molecule has 0 radical (unpaired) electrons. The van der Waals surface area contributed by atoms with Gasteiger partial charge < -0.3 is 14.8 Å². The molecule has 0 saturated carbocycles. The normalized spacial score (nSPS) is 10.3. The maximum Gasteiger partial charge on any atom is 0.255 e. The van der Waals surface area contributed by atoms with Gasteiger partial charge in [-0.3, -0.25) is 9.48 Å². The van der Waals surface area contributed by atoms with Gasteiger partial charge >= 0.3 is 0 Å². The highest BCUT2D eigenvalue weighted by molar-refractivity contribution is 6.04. The number of nitrogens with zero attached hydrogens (tertiary/aromatic N) is 2. The van der Waals surface area contributed by atoms with Crippen molar-refractivity contribution in [2.75, 3.05) is 19.5 Å². The maximum atomic E-state index is 12.4. The van der Waals surface area contributed by atoms with E-state index in [1.165, 1.54) is 0 Å². The highest BCUT2D eigenvalue weighted by atomic mass is 16.5. The van der Waals surface area contributed by atoms with E-state index < -0.39 is 0 Å². The van der Waals surface area contributed by atoms with Gasteiger partial charge in [-0.1, -0.05) is 12.1 Å². The summed E-state index contributed by atoms with van der Waals surface area (Å²) in [6.07, 6.45) is 3.64. The van der Waals surface area contributed by atoms with Crippen LogP contribution in [-0.4, -0.2) is 29.9 Å². The molecule has 0 spiro atoms. The van der Waals surface area contributed by atoms with Gasteiger partial charge in [0.1, 0.15) is 11.5 Å². The molecule has 0 aliphatic carbocycles. The van der Waals surface area contributed by atoms with Crippen LogP contribution in [-0.2, 0) is 6.54 Å². The number of aromatic nitrogens is 2. The molecule has 0 aliphatic rings. The molecular formula is C19H19N3O3. The first kappa shape index (κ1) is 16.6. The maximum absolute atomic E-state index is 12.4. The highest BCUT2D eigenvalue weighted by Crippen LogP contribution is 2.26. The molecule has 128 valence electrons. The van der Waals surface area contributed by atoms with Crippen molar-refractivity contribution in [1.82, 2.24) is 9.78 Å². The third kappa shape index (κ3) is 4.17. The van der Waals surface area contributed by atoms with Crippen LogP contribution < -0.4 is 14.8 Å². The second-order valence-corrected chi connectivity index (χ2v) is 5.46. The van der Waals surface area contributed by atoms with Crippen molar-refractivity contribution in [3.63, 3.8) is 0 Å². The average Bonchev–Trinajstić information content (AvgIpc) is 3.15. The van der Waals surface area contributed by atoms with Crippen molar-refractivity contribution < 1.29 is 14.3 Å². The number of methoxy groups -OCH3 is 2. The molecule has 0 bridgehead atoms. The summed E-state index contributed by atoms with van der Waals surface area (Å²) >= 11 is 0. The number of carbonyl (C=O) groups excluding carboxylic acids is 1. The molecule has 0 fully saturated rings. The SMILES string of the molecule is COc1cc(NC(=O)c2ccc(Cn3cccn3)cc2)cc(OC)c1. The van der Waals surface area contributed by atoms with Crippen LogP contribution in [0.2, 0.25) is 0 Å². The average molecular weight is 337 g/mol. The summed E-state index contributed by atoms with van der Waals surface area (Å²) in [5.74, 6) is 1.04. The zero-order chi connectivity index (χ0) is 17.6. The Labute approximate surface area is 146 Å².